The zero-order valence-electron chi connectivity index (χ0n) is 11.7. The molecule has 0 aliphatic heterocycles. The number of carboxylic acid groups (broad SMARTS) is 1. The van der Waals surface area contributed by atoms with Crippen molar-refractivity contribution in [2.75, 3.05) is 11.9 Å². The Morgan fingerprint density at radius 3 is 2.22 bits per heavy atom. The Balaban J connectivity index is 2.69. The molecule has 0 aliphatic carbocycles. The highest BCUT2D eigenvalue weighted by atomic mass is 16.4. The number of carboxylic acids is 1. The van der Waals surface area contributed by atoms with Crippen LogP contribution in [0.4, 0.5) is 5.69 Å². The normalized spacial score (nSPS) is 12.5. The molecule has 100 valence electrons. The van der Waals surface area contributed by atoms with Crippen molar-refractivity contribution in [3.8, 4) is 0 Å². The second-order valence-electron chi connectivity index (χ2n) is 5.32. The largest absolute Gasteiger partial charge is 0.481 e. The van der Waals surface area contributed by atoms with Gasteiger partial charge in [-0.1, -0.05) is 26.0 Å². The first-order valence-electron chi connectivity index (χ1n) is 6.43. The summed E-state index contributed by atoms with van der Waals surface area (Å²) in [5.41, 5.74) is 2.39. The summed E-state index contributed by atoms with van der Waals surface area (Å²) in [4.78, 5) is 12.7. The Bertz CT molecular complexity index is 384. The number of hydrogen-bond donors (Lipinski definition) is 1. The van der Waals surface area contributed by atoms with Crippen LogP contribution in [0.15, 0.2) is 24.3 Å². The molecule has 18 heavy (non-hydrogen) atoms. The van der Waals surface area contributed by atoms with Gasteiger partial charge in [-0.3, -0.25) is 4.79 Å². The Kier molecular flexibility index (Phi) is 5.20. The van der Waals surface area contributed by atoms with Crippen LogP contribution in [0, 0.1) is 5.92 Å². The summed E-state index contributed by atoms with van der Waals surface area (Å²) >= 11 is 0. The van der Waals surface area contributed by atoms with Gasteiger partial charge in [0.2, 0.25) is 0 Å². The van der Waals surface area contributed by atoms with Crippen molar-refractivity contribution in [1.82, 2.24) is 0 Å². The average Bonchev–Trinajstić information content (AvgIpc) is 2.27. The molecule has 0 saturated heterocycles. The van der Waals surface area contributed by atoms with Crippen LogP contribution < -0.4 is 4.90 Å². The molecule has 0 fully saturated rings. The van der Waals surface area contributed by atoms with Crippen LogP contribution in [0.25, 0.3) is 0 Å². The SMILES string of the molecule is CC(C)Cc1ccc(N(C)C(C)CC(=O)O)cc1. The zero-order chi connectivity index (χ0) is 13.7. The van der Waals surface area contributed by atoms with Gasteiger partial charge in [0.1, 0.15) is 0 Å². The standard InChI is InChI=1S/C15H23NO2/c1-11(2)9-13-5-7-14(8-6-13)16(4)12(3)10-15(17)18/h5-8,11-12H,9-10H2,1-4H3,(H,17,18). The lowest BCUT2D eigenvalue weighted by molar-refractivity contribution is -0.137. The summed E-state index contributed by atoms with van der Waals surface area (Å²) in [6.45, 7) is 6.33. The van der Waals surface area contributed by atoms with E-state index in [0.717, 1.165) is 12.1 Å². The van der Waals surface area contributed by atoms with E-state index in [1.807, 2.05) is 18.9 Å². The summed E-state index contributed by atoms with van der Waals surface area (Å²) < 4.78 is 0. The minimum atomic E-state index is -0.759. The molecular formula is C15H23NO2. The molecule has 1 rings (SSSR count). The summed E-state index contributed by atoms with van der Waals surface area (Å²) in [6.07, 6.45) is 1.24. The maximum absolute atomic E-state index is 10.7. The van der Waals surface area contributed by atoms with E-state index in [4.69, 9.17) is 5.11 Å². The van der Waals surface area contributed by atoms with Gasteiger partial charge in [0.05, 0.1) is 6.42 Å². The lowest BCUT2D eigenvalue weighted by Gasteiger charge is -2.26. The van der Waals surface area contributed by atoms with E-state index < -0.39 is 5.97 Å². The predicted octanol–water partition coefficient (Wildman–Crippen LogP) is 3.18. The molecule has 0 bridgehead atoms. The van der Waals surface area contributed by atoms with Crippen molar-refractivity contribution in [2.24, 2.45) is 5.92 Å². The molecule has 1 N–H and O–H groups in total. The van der Waals surface area contributed by atoms with Crippen LogP contribution in [0.2, 0.25) is 0 Å². The fourth-order valence-corrected chi connectivity index (χ4v) is 1.98. The average molecular weight is 249 g/mol. The molecule has 1 unspecified atom stereocenters. The van der Waals surface area contributed by atoms with Gasteiger partial charge in [-0.2, -0.15) is 0 Å². The Hall–Kier alpha value is -1.51. The molecule has 0 aliphatic rings. The molecule has 1 aromatic carbocycles. The Morgan fingerprint density at radius 1 is 1.22 bits per heavy atom. The molecular weight excluding hydrogens is 226 g/mol. The second-order valence-corrected chi connectivity index (χ2v) is 5.32. The number of anilines is 1. The molecule has 0 radical (unpaired) electrons. The minimum absolute atomic E-state index is 0.00144. The Morgan fingerprint density at radius 2 is 1.78 bits per heavy atom. The third-order valence-corrected chi connectivity index (χ3v) is 3.12. The van der Waals surface area contributed by atoms with Crippen LogP contribution in [0.3, 0.4) is 0 Å². The van der Waals surface area contributed by atoms with E-state index in [1.165, 1.54) is 5.56 Å². The van der Waals surface area contributed by atoms with E-state index in [1.54, 1.807) is 0 Å². The number of aliphatic carboxylic acids is 1. The van der Waals surface area contributed by atoms with Crippen LogP contribution >= 0.6 is 0 Å². The predicted molar refractivity (Wildman–Crippen MR) is 75.1 cm³/mol. The van der Waals surface area contributed by atoms with Gasteiger partial charge in [0.15, 0.2) is 0 Å². The van der Waals surface area contributed by atoms with Crippen molar-refractivity contribution in [2.45, 2.75) is 39.7 Å². The number of hydrogen-bond acceptors (Lipinski definition) is 2. The first kappa shape index (κ1) is 14.6. The third-order valence-electron chi connectivity index (χ3n) is 3.12. The maximum Gasteiger partial charge on any atom is 0.305 e. The zero-order valence-corrected chi connectivity index (χ0v) is 11.7. The van der Waals surface area contributed by atoms with E-state index in [9.17, 15) is 4.79 Å². The molecule has 0 aromatic heterocycles. The van der Waals surface area contributed by atoms with Crippen molar-refractivity contribution in [1.29, 1.82) is 0 Å². The molecule has 0 amide bonds. The third kappa shape index (κ3) is 4.40. The summed E-state index contributed by atoms with van der Waals surface area (Å²) in [6, 6.07) is 8.38. The lowest BCUT2D eigenvalue weighted by atomic mass is 10.0. The van der Waals surface area contributed by atoms with Gasteiger partial charge < -0.3 is 10.0 Å². The summed E-state index contributed by atoms with van der Waals surface area (Å²) in [7, 11) is 1.94. The van der Waals surface area contributed by atoms with Gasteiger partial charge in [0.25, 0.3) is 0 Å². The van der Waals surface area contributed by atoms with E-state index in [2.05, 4.69) is 38.1 Å². The first-order valence-corrected chi connectivity index (χ1v) is 6.43. The van der Waals surface area contributed by atoms with Gasteiger partial charge >= 0.3 is 5.97 Å². The van der Waals surface area contributed by atoms with Crippen LogP contribution in [0.1, 0.15) is 32.8 Å². The van der Waals surface area contributed by atoms with Gasteiger partial charge in [0, 0.05) is 18.8 Å². The highest BCUT2D eigenvalue weighted by Crippen LogP contribution is 2.19. The maximum atomic E-state index is 10.7. The van der Waals surface area contributed by atoms with Gasteiger partial charge in [-0.05, 0) is 37.0 Å². The Labute approximate surface area is 109 Å². The summed E-state index contributed by atoms with van der Waals surface area (Å²) in [5.74, 6) is -0.106. The number of rotatable bonds is 6. The number of carbonyl (C=O) groups is 1. The summed E-state index contributed by atoms with van der Waals surface area (Å²) in [5, 5.41) is 8.80. The molecule has 0 saturated carbocycles. The van der Waals surface area contributed by atoms with Crippen molar-refractivity contribution in [3.05, 3.63) is 29.8 Å². The molecule has 3 heteroatoms. The lowest BCUT2D eigenvalue weighted by Crippen LogP contribution is -2.30. The topological polar surface area (TPSA) is 40.5 Å². The second kappa shape index (κ2) is 6.43. The molecule has 1 aromatic rings. The molecule has 0 spiro atoms. The highest BCUT2D eigenvalue weighted by Gasteiger charge is 2.13. The smallest absolute Gasteiger partial charge is 0.305 e. The number of nitrogens with zero attached hydrogens (tertiary/aromatic N) is 1. The number of benzene rings is 1. The first-order chi connectivity index (χ1) is 8.40. The minimum Gasteiger partial charge on any atom is -0.481 e. The highest BCUT2D eigenvalue weighted by molar-refractivity contribution is 5.68. The van der Waals surface area contributed by atoms with Gasteiger partial charge in [-0.15, -0.1) is 0 Å². The molecule has 3 nitrogen and oxygen atoms in total. The van der Waals surface area contributed by atoms with E-state index in [0.29, 0.717) is 5.92 Å². The fourth-order valence-electron chi connectivity index (χ4n) is 1.98. The molecule has 1 atom stereocenters. The van der Waals surface area contributed by atoms with Gasteiger partial charge in [-0.25, -0.2) is 0 Å². The van der Waals surface area contributed by atoms with Crippen molar-refractivity contribution in [3.63, 3.8) is 0 Å². The monoisotopic (exact) mass is 249 g/mol. The molecule has 0 heterocycles. The quantitative estimate of drug-likeness (QED) is 0.841. The van der Waals surface area contributed by atoms with Crippen LogP contribution in [-0.4, -0.2) is 24.2 Å². The van der Waals surface area contributed by atoms with E-state index in [-0.39, 0.29) is 12.5 Å². The van der Waals surface area contributed by atoms with Crippen LogP contribution in [-0.2, 0) is 11.2 Å². The van der Waals surface area contributed by atoms with E-state index >= 15 is 0 Å². The fraction of sp³-hybridized carbons (Fsp3) is 0.533. The van der Waals surface area contributed by atoms with Crippen molar-refractivity contribution >= 4 is 11.7 Å². The van der Waals surface area contributed by atoms with Crippen LogP contribution in [0.5, 0.6) is 0 Å². The van der Waals surface area contributed by atoms with Crippen molar-refractivity contribution < 1.29 is 9.90 Å².